The van der Waals surface area contributed by atoms with E-state index in [4.69, 9.17) is 5.11 Å². The molecule has 1 amide bonds. The number of carbonyl (C=O) groups is 2. The van der Waals surface area contributed by atoms with Crippen molar-refractivity contribution in [3.8, 4) is 0 Å². The zero-order valence-electron chi connectivity index (χ0n) is 12.0. The third-order valence-electron chi connectivity index (χ3n) is 4.07. The smallest absolute Gasteiger partial charge is 0.303 e. The van der Waals surface area contributed by atoms with Crippen molar-refractivity contribution in [1.29, 1.82) is 0 Å². The van der Waals surface area contributed by atoms with Crippen LogP contribution < -0.4 is 5.32 Å². The van der Waals surface area contributed by atoms with Gasteiger partial charge < -0.3 is 10.4 Å². The Hall–Kier alpha value is -1.06. The molecular formula is C15H27NO3. The molecule has 0 aliphatic heterocycles. The average Bonchev–Trinajstić information content (AvgIpc) is 2.58. The van der Waals surface area contributed by atoms with Gasteiger partial charge in [0.2, 0.25) is 5.91 Å². The van der Waals surface area contributed by atoms with Crippen molar-refractivity contribution in [3.63, 3.8) is 0 Å². The van der Waals surface area contributed by atoms with Crippen LogP contribution in [0.25, 0.3) is 0 Å². The SMILES string of the molecule is CC1(CNC(=O)CCCCC(=O)O)CCCCCC1. The number of hydrogen-bond acceptors (Lipinski definition) is 2. The lowest BCUT2D eigenvalue weighted by atomic mass is 9.82. The lowest BCUT2D eigenvalue weighted by molar-refractivity contribution is -0.137. The van der Waals surface area contributed by atoms with Crippen LogP contribution in [0.2, 0.25) is 0 Å². The molecule has 1 aliphatic carbocycles. The first-order chi connectivity index (χ1) is 9.02. The zero-order chi connectivity index (χ0) is 14.1. The first-order valence-corrected chi connectivity index (χ1v) is 7.50. The lowest BCUT2D eigenvalue weighted by Gasteiger charge is -2.28. The number of amides is 1. The van der Waals surface area contributed by atoms with E-state index in [-0.39, 0.29) is 17.7 Å². The molecule has 0 spiro atoms. The quantitative estimate of drug-likeness (QED) is 0.551. The summed E-state index contributed by atoms with van der Waals surface area (Å²) < 4.78 is 0. The van der Waals surface area contributed by atoms with Crippen LogP contribution in [-0.4, -0.2) is 23.5 Å². The second-order valence-corrected chi connectivity index (χ2v) is 6.10. The van der Waals surface area contributed by atoms with Gasteiger partial charge in [0.1, 0.15) is 0 Å². The van der Waals surface area contributed by atoms with E-state index in [2.05, 4.69) is 12.2 Å². The summed E-state index contributed by atoms with van der Waals surface area (Å²) >= 11 is 0. The number of aliphatic carboxylic acids is 1. The molecule has 0 atom stereocenters. The van der Waals surface area contributed by atoms with E-state index in [1.807, 2.05) is 0 Å². The van der Waals surface area contributed by atoms with E-state index >= 15 is 0 Å². The summed E-state index contributed by atoms with van der Waals surface area (Å²) in [5, 5.41) is 11.5. The highest BCUT2D eigenvalue weighted by Gasteiger charge is 2.25. The van der Waals surface area contributed by atoms with Crippen molar-refractivity contribution in [2.45, 2.75) is 71.1 Å². The van der Waals surface area contributed by atoms with E-state index in [1.165, 1.54) is 38.5 Å². The van der Waals surface area contributed by atoms with Crippen molar-refractivity contribution in [1.82, 2.24) is 5.32 Å². The molecule has 4 heteroatoms. The molecule has 0 radical (unpaired) electrons. The van der Waals surface area contributed by atoms with Crippen molar-refractivity contribution in [2.75, 3.05) is 6.54 Å². The molecule has 1 aliphatic rings. The molecule has 0 aromatic rings. The fourth-order valence-electron chi connectivity index (χ4n) is 2.72. The molecule has 0 aromatic carbocycles. The van der Waals surface area contributed by atoms with Crippen molar-refractivity contribution < 1.29 is 14.7 Å². The Morgan fingerprint density at radius 1 is 1.05 bits per heavy atom. The van der Waals surface area contributed by atoms with Crippen molar-refractivity contribution >= 4 is 11.9 Å². The highest BCUT2D eigenvalue weighted by Crippen LogP contribution is 2.33. The Labute approximate surface area is 116 Å². The molecule has 1 saturated carbocycles. The maximum atomic E-state index is 11.7. The maximum absolute atomic E-state index is 11.7. The van der Waals surface area contributed by atoms with Crippen molar-refractivity contribution in [2.24, 2.45) is 5.41 Å². The minimum atomic E-state index is -0.786. The van der Waals surface area contributed by atoms with Crippen LogP contribution in [0.3, 0.4) is 0 Å². The molecule has 0 bridgehead atoms. The third kappa shape index (κ3) is 7.19. The van der Waals surface area contributed by atoms with Gasteiger partial charge in [-0.05, 0) is 31.1 Å². The van der Waals surface area contributed by atoms with Gasteiger partial charge in [-0.2, -0.15) is 0 Å². The monoisotopic (exact) mass is 269 g/mol. The van der Waals surface area contributed by atoms with E-state index in [1.54, 1.807) is 0 Å². The second kappa shape index (κ2) is 8.18. The van der Waals surface area contributed by atoms with Crippen LogP contribution in [0.1, 0.15) is 71.1 Å². The number of carboxylic acid groups (broad SMARTS) is 1. The predicted molar refractivity (Wildman–Crippen MR) is 74.9 cm³/mol. The molecule has 110 valence electrons. The Morgan fingerprint density at radius 3 is 2.21 bits per heavy atom. The Bertz CT molecular complexity index is 294. The van der Waals surface area contributed by atoms with Gasteiger partial charge in [0.05, 0.1) is 0 Å². The molecule has 0 saturated heterocycles. The highest BCUT2D eigenvalue weighted by atomic mass is 16.4. The molecule has 1 fully saturated rings. The van der Waals surface area contributed by atoms with Gasteiger partial charge in [0.25, 0.3) is 0 Å². The fraction of sp³-hybridized carbons (Fsp3) is 0.867. The number of unbranched alkanes of at least 4 members (excludes halogenated alkanes) is 1. The van der Waals surface area contributed by atoms with E-state index in [0.717, 1.165) is 6.54 Å². The fourth-order valence-corrected chi connectivity index (χ4v) is 2.72. The number of hydrogen-bond donors (Lipinski definition) is 2. The topological polar surface area (TPSA) is 66.4 Å². The third-order valence-corrected chi connectivity index (χ3v) is 4.07. The minimum absolute atomic E-state index is 0.0656. The van der Waals surface area contributed by atoms with Gasteiger partial charge in [-0.1, -0.05) is 32.6 Å². The maximum Gasteiger partial charge on any atom is 0.303 e. The summed E-state index contributed by atoms with van der Waals surface area (Å²) in [5.41, 5.74) is 0.257. The number of rotatable bonds is 7. The largest absolute Gasteiger partial charge is 0.481 e. The van der Waals surface area contributed by atoms with Crippen LogP contribution in [0.5, 0.6) is 0 Å². The summed E-state index contributed by atoms with van der Waals surface area (Å²) in [6, 6.07) is 0. The van der Waals surface area contributed by atoms with Crippen LogP contribution in [-0.2, 0) is 9.59 Å². The van der Waals surface area contributed by atoms with E-state index in [9.17, 15) is 9.59 Å². The molecular weight excluding hydrogens is 242 g/mol. The summed E-state index contributed by atoms with van der Waals surface area (Å²) in [5.74, 6) is -0.720. The summed E-state index contributed by atoms with van der Waals surface area (Å²) in [6.07, 6.45) is 9.43. The molecule has 4 nitrogen and oxygen atoms in total. The molecule has 0 unspecified atom stereocenters. The van der Waals surface area contributed by atoms with Gasteiger partial charge in [-0.3, -0.25) is 9.59 Å². The normalized spacial score (nSPS) is 18.6. The average molecular weight is 269 g/mol. The van der Waals surface area contributed by atoms with Crippen LogP contribution in [0.15, 0.2) is 0 Å². The molecule has 1 rings (SSSR count). The van der Waals surface area contributed by atoms with Crippen LogP contribution in [0.4, 0.5) is 0 Å². The second-order valence-electron chi connectivity index (χ2n) is 6.10. The summed E-state index contributed by atoms with van der Waals surface area (Å²) in [4.78, 5) is 22.1. The Morgan fingerprint density at radius 2 is 1.63 bits per heavy atom. The van der Waals surface area contributed by atoms with Gasteiger partial charge in [-0.25, -0.2) is 0 Å². The molecule has 19 heavy (non-hydrogen) atoms. The van der Waals surface area contributed by atoms with Gasteiger partial charge in [-0.15, -0.1) is 0 Å². The molecule has 2 N–H and O–H groups in total. The van der Waals surface area contributed by atoms with E-state index in [0.29, 0.717) is 19.3 Å². The summed E-state index contributed by atoms with van der Waals surface area (Å²) in [7, 11) is 0. The number of carboxylic acids is 1. The zero-order valence-corrected chi connectivity index (χ0v) is 12.0. The van der Waals surface area contributed by atoms with Crippen LogP contribution in [0, 0.1) is 5.41 Å². The van der Waals surface area contributed by atoms with Gasteiger partial charge in [0.15, 0.2) is 0 Å². The number of carbonyl (C=O) groups excluding carboxylic acids is 1. The Balaban J connectivity index is 2.16. The Kier molecular flexibility index (Phi) is 6.89. The van der Waals surface area contributed by atoms with E-state index < -0.39 is 5.97 Å². The lowest BCUT2D eigenvalue weighted by Crippen LogP contribution is -2.35. The molecule has 0 aromatic heterocycles. The molecule has 0 heterocycles. The van der Waals surface area contributed by atoms with Gasteiger partial charge >= 0.3 is 5.97 Å². The first kappa shape index (κ1) is 16.0. The predicted octanol–water partition coefficient (Wildman–Crippen LogP) is 3.11. The first-order valence-electron chi connectivity index (χ1n) is 7.50. The number of nitrogens with one attached hydrogen (secondary N) is 1. The summed E-state index contributed by atoms with van der Waals surface area (Å²) in [6.45, 7) is 3.04. The van der Waals surface area contributed by atoms with Gasteiger partial charge in [0, 0.05) is 19.4 Å². The highest BCUT2D eigenvalue weighted by molar-refractivity contribution is 5.76. The minimum Gasteiger partial charge on any atom is -0.481 e. The standard InChI is InChI=1S/C15H27NO3/c1-15(10-6-2-3-7-11-15)12-16-13(17)8-4-5-9-14(18)19/h2-12H2,1H3,(H,16,17)(H,18,19). The van der Waals surface area contributed by atoms with Crippen molar-refractivity contribution in [3.05, 3.63) is 0 Å². The van der Waals surface area contributed by atoms with Crippen LogP contribution >= 0.6 is 0 Å².